The minimum atomic E-state index is 0.00369. The van der Waals surface area contributed by atoms with Gasteiger partial charge < -0.3 is 19.8 Å². The first kappa shape index (κ1) is 15.7. The van der Waals surface area contributed by atoms with Gasteiger partial charge in [-0.25, -0.2) is 0 Å². The van der Waals surface area contributed by atoms with E-state index in [-0.39, 0.29) is 11.8 Å². The van der Waals surface area contributed by atoms with Crippen LogP contribution in [0.1, 0.15) is 26.0 Å². The third-order valence-corrected chi connectivity index (χ3v) is 2.74. The van der Waals surface area contributed by atoms with Crippen LogP contribution in [-0.4, -0.2) is 32.1 Å². The zero-order valence-electron chi connectivity index (χ0n) is 11.8. The Morgan fingerprint density at radius 1 is 1.53 bits per heavy atom. The fourth-order valence-corrected chi connectivity index (χ4v) is 1.58. The van der Waals surface area contributed by atoms with Crippen LogP contribution < -0.4 is 10.6 Å². The molecular formula is C14H24N2O3. The molecule has 0 bridgehead atoms. The number of hydrogen-bond acceptors (Lipinski definition) is 4. The van der Waals surface area contributed by atoms with Gasteiger partial charge in [-0.1, -0.05) is 13.8 Å². The molecular weight excluding hydrogens is 244 g/mol. The molecule has 0 aliphatic carbocycles. The van der Waals surface area contributed by atoms with E-state index in [1.54, 1.807) is 6.26 Å². The first-order valence-electron chi connectivity index (χ1n) is 6.82. The van der Waals surface area contributed by atoms with Crippen molar-refractivity contribution in [1.29, 1.82) is 0 Å². The van der Waals surface area contributed by atoms with E-state index in [9.17, 15) is 4.79 Å². The predicted molar refractivity (Wildman–Crippen MR) is 73.7 cm³/mol. The molecule has 1 rings (SSSR count). The molecule has 5 nitrogen and oxygen atoms in total. The molecule has 19 heavy (non-hydrogen) atoms. The largest absolute Gasteiger partial charge is 0.467 e. The zero-order valence-corrected chi connectivity index (χ0v) is 11.8. The van der Waals surface area contributed by atoms with Gasteiger partial charge >= 0.3 is 0 Å². The Morgan fingerprint density at radius 3 is 3.05 bits per heavy atom. The normalized spacial score (nSPS) is 12.3. The molecule has 1 aromatic heterocycles. The molecule has 0 aromatic carbocycles. The van der Waals surface area contributed by atoms with Crippen molar-refractivity contribution in [2.75, 3.05) is 26.2 Å². The summed E-state index contributed by atoms with van der Waals surface area (Å²) in [5.74, 6) is 0.916. The van der Waals surface area contributed by atoms with Gasteiger partial charge in [0, 0.05) is 25.6 Å². The van der Waals surface area contributed by atoms with Gasteiger partial charge in [-0.05, 0) is 25.1 Å². The van der Waals surface area contributed by atoms with E-state index in [0.717, 1.165) is 25.3 Å². The molecule has 0 aliphatic heterocycles. The number of furan rings is 1. The minimum absolute atomic E-state index is 0.00369. The zero-order chi connectivity index (χ0) is 13.9. The summed E-state index contributed by atoms with van der Waals surface area (Å²) in [5, 5.41) is 6.06. The van der Waals surface area contributed by atoms with E-state index in [2.05, 4.69) is 10.6 Å². The Hall–Kier alpha value is -1.33. The maximum absolute atomic E-state index is 11.7. The van der Waals surface area contributed by atoms with Gasteiger partial charge in [0.1, 0.15) is 12.4 Å². The number of carbonyl (C=O) groups excluding carboxylic acids is 1. The second kappa shape index (κ2) is 9.58. The molecule has 1 unspecified atom stereocenters. The van der Waals surface area contributed by atoms with Crippen molar-refractivity contribution >= 4 is 5.91 Å². The average molecular weight is 268 g/mol. The van der Waals surface area contributed by atoms with E-state index in [1.807, 2.05) is 26.0 Å². The molecule has 1 amide bonds. The predicted octanol–water partition coefficient (Wildman–Crippen LogP) is 1.55. The van der Waals surface area contributed by atoms with Gasteiger partial charge in [0.05, 0.1) is 6.26 Å². The van der Waals surface area contributed by atoms with Crippen LogP contribution in [0.25, 0.3) is 0 Å². The third-order valence-electron chi connectivity index (χ3n) is 2.74. The Labute approximate surface area is 114 Å². The van der Waals surface area contributed by atoms with Crippen LogP contribution in [0.5, 0.6) is 0 Å². The van der Waals surface area contributed by atoms with Crippen molar-refractivity contribution in [1.82, 2.24) is 10.6 Å². The summed E-state index contributed by atoms with van der Waals surface area (Å²) in [5.41, 5.74) is 0. The second-order valence-corrected chi connectivity index (χ2v) is 4.49. The fraction of sp³-hybridized carbons (Fsp3) is 0.643. The maximum atomic E-state index is 11.7. The summed E-state index contributed by atoms with van der Waals surface area (Å²) in [4.78, 5) is 11.7. The first-order valence-corrected chi connectivity index (χ1v) is 6.82. The summed E-state index contributed by atoms with van der Waals surface area (Å²) < 4.78 is 10.6. The van der Waals surface area contributed by atoms with E-state index < -0.39 is 0 Å². The molecule has 1 aromatic rings. The van der Waals surface area contributed by atoms with Crippen molar-refractivity contribution in [2.24, 2.45) is 5.92 Å². The highest BCUT2D eigenvalue weighted by Crippen LogP contribution is 2.01. The lowest BCUT2D eigenvalue weighted by molar-refractivity contribution is -0.124. The quantitative estimate of drug-likeness (QED) is 0.632. The molecule has 108 valence electrons. The van der Waals surface area contributed by atoms with Gasteiger partial charge in [-0.3, -0.25) is 4.79 Å². The van der Waals surface area contributed by atoms with Crippen LogP contribution in [0.3, 0.4) is 0 Å². The van der Waals surface area contributed by atoms with Crippen molar-refractivity contribution in [3.05, 3.63) is 24.2 Å². The summed E-state index contributed by atoms with van der Waals surface area (Å²) >= 11 is 0. The van der Waals surface area contributed by atoms with Crippen molar-refractivity contribution in [3.63, 3.8) is 0 Å². The molecule has 0 aliphatic rings. The highest BCUT2D eigenvalue weighted by Gasteiger charge is 2.10. The van der Waals surface area contributed by atoms with E-state index >= 15 is 0 Å². The van der Waals surface area contributed by atoms with Crippen molar-refractivity contribution < 1.29 is 13.9 Å². The number of nitrogens with one attached hydrogen (secondary N) is 2. The lowest BCUT2D eigenvalue weighted by atomic mass is 10.1. The summed E-state index contributed by atoms with van der Waals surface area (Å²) in [7, 11) is 0. The molecule has 0 spiro atoms. The SMILES string of the molecule is CCNCC(C)C(=O)NCCCOCc1ccco1. The number of carbonyl (C=O) groups is 1. The smallest absolute Gasteiger partial charge is 0.224 e. The van der Waals surface area contributed by atoms with Crippen LogP contribution in [0, 0.1) is 5.92 Å². The summed E-state index contributed by atoms with van der Waals surface area (Å²) in [6.45, 7) is 7.30. The lowest BCUT2D eigenvalue weighted by Gasteiger charge is -2.12. The highest BCUT2D eigenvalue weighted by atomic mass is 16.5. The monoisotopic (exact) mass is 268 g/mol. The van der Waals surface area contributed by atoms with Gasteiger partial charge in [-0.2, -0.15) is 0 Å². The molecule has 0 saturated carbocycles. The Morgan fingerprint density at radius 2 is 2.37 bits per heavy atom. The molecule has 1 heterocycles. The van der Waals surface area contributed by atoms with E-state index in [0.29, 0.717) is 19.8 Å². The number of ether oxygens (including phenoxy) is 1. The number of amides is 1. The van der Waals surface area contributed by atoms with E-state index in [1.165, 1.54) is 0 Å². The average Bonchev–Trinajstić information content (AvgIpc) is 2.92. The molecule has 0 fully saturated rings. The molecule has 2 N–H and O–H groups in total. The first-order chi connectivity index (χ1) is 9.24. The van der Waals surface area contributed by atoms with Crippen LogP contribution in [0.2, 0.25) is 0 Å². The van der Waals surface area contributed by atoms with Crippen LogP contribution in [-0.2, 0) is 16.1 Å². The topological polar surface area (TPSA) is 63.5 Å². The summed E-state index contributed by atoms with van der Waals surface area (Å²) in [6.07, 6.45) is 2.44. The van der Waals surface area contributed by atoms with Crippen molar-refractivity contribution in [2.45, 2.75) is 26.9 Å². The van der Waals surface area contributed by atoms with Gasteiger partial charge in [0.25, 0.3) is 0 Å². The fourth-order valence-electron chi connectivity index (χ4n) is 1.58. The molecule has 0 radical (unpaired) electrons. The summed E-state index contributed by atoms with van der Waals surface area (Å²) in [6, 6.07) is 3.72. The molecule has 5 heteroatoms. The number of hydrogen-bond donors (Lipinski definition) is 2. The lowest BCUT2D eigenvalue weighted by Crippen LogP contribution is -2.36. The van der Waals surface area contributed by atoms with Gasteiger partial charge in [0.15, 0.2) is 0 Å². The minimum Gasteiger partial charge on any atom is -0.467 e. The van der Waals surface area contributed by atoms with Gasteiger partial charge in [0.2, 0.25) is 5.91 Å². The van der Waals surface area contributed by atoms with Crippen LogP contribution >= 0.6 is 0 Å². The standard InChI is InChI=1S/C14H24N2O3/c1-3-15-10-12(2)14(17)16-7-5-8-18-11-13-6-4-9-19-13/h4,6,9,12,15H,3,5,7-8,10-11H2,1-2H3,(H,16,17). The Kier molecular flexibility index (Phi) is 7.93. The maximum Gasteiger partial charge on any atom is 0.224 e. The van der Waals surface area contributed by atoms with Crippen LogP contribution in [0.4, 0.5) is 0 Å². The highest BCUT2D eigenvalue weighted by molar-refractivity contribution is 5.78. The third kappa shape index (κ3) is 6.98. The second-order valence-electron chi connectivity index (χ2n) is 4.49. The molecule has 1 atom stereocenters. The molecule has 0 saturated heterocycles. The Balaban J connectivity index is 1.96. The van der Waals surface area contributed by atoms with Gasteiger partial charge in [-0.15, -0.1) is 0 Å². The Bertz CT molecular complexity index is 338. The number of rotatable bonds is 10. The van der Waals surface area contributed by atoms with Crippen molar-refractivity contribution in [3.8, 4) is 0 Å². The van der Waals surface area contributed by atoms with Crippen LogP contribution in [0.15, 0.2) is 22.8 Å². The van der Waals surface area contributed by atoms with E-state index in [4.69, 9.17) is 9.15 Å².